The van der Waals surface area contributed by atoms with E-state index in [4.69, 9.17) is 14.2 Å². The highest BCUT2D eigenvalue weighted by molar-refractivity contribution is 5.70. The van der Waals surface area contributed by atoms with Gasteiger partial charge in [-0.1, -0.05) is 139 Å². The Morgan fingerprint density at radius 1 is 0.508 bits per heavy atom. The molecule has 0 N–H and O–H groups in total. The highest BCUT2D eigenvalue weighted by atomic mass is 16.5. The molecule has 0 aliphatic carbocycles. The summed E-state index contributed by atoms with van der Waals surface area (Å²) >= 11 is 0. The van der Waals surface area contributed by atoms with Crippen LogP contribution in [0, 0.1) is 21.7 Å². The maximum absolute atomic E-state index is 13.2. The van der Waals surface area contributed by atoms with Crippen molar-refractivity contribution in [1.82, 2.24) is 4.90 Å². The zero-order valence-corrected chi connectivity index (χ0v) is 44.2. The van der Waals surface area contributed by atoms with Crippen molar-refractivity contribution in [3.05, 3.63) is 24.3 Å². The molecule has 0 rings (SSSR count). The van der Waals surface area contributed by atoms with Gasteiger partial charge in [0.15, 0.2) is 0 Å². The third kappa shape index (κ3) is 35.8. The molecule has 7 nitrogen and oxygen atoms in total. The third-order valence-electron chi connectivity index (χ3n) is 13.1. The standard InChI is InChI=1S/C56H105NO6/c1-15-18-20-22-24-26-33-47(4)61-50(58)35-28-30-40-53(6,7)45-54(8,9)42-38-49(63-52(60)37-32-44-57(13)14)39-43-55(10,11)46-56(12,17-3)41-31-29-36-51(59)62-48(5)34-27-25-23-21-19-16-2/h26-27,33-34,47-49H,15-25,28-32,35-46H2,1-14H3. The highest BCUT2D eigenvalue weighted by Crippen LogP contribution is 2.44. The van der Waals surface area contributed by atoms with Crippen molar-refractivity contribution < 1.29 is 28.6 Å². The van der Waals surface area contributed by atoms with Crippen LogP contribution in [0.15, 0.2) is 24.3 Å². The molecule has 0 fully saturated rings. The lowest BCUT2D eigenvalue weighted by Crippen LogP contribution is -2.29. The number of nitrogens with zero attached hydrogens (tertiary/aromatic N) is 1. The summed E-state index contributed by atoms with van der Waals surface area (Å²) in [5, 5.41) is 0. The molecule has 4 atom stereocenters. The number of esters is 3. The summed E-state index contributed by atoms with van der Waals surface area (Å²) in [6.45, 7) is 28.2. The Kier molecular flexibility index (Phi) is 33.0. The van der Waals surface area contributed by atoms with Crippen LogP contribution in [0.25, 0.3) is 0 Å². The molecule has 4 unspecified atom stereocenters. The quantitative estimate of drug-likeness (QED) is 0.0262. The number of carbonyl (C=O) groups is 3. The van der Waals surface area contributed by atoms with Gasteiger partial charge in [0.1, 0.15) is 18.3 Å². The fourth-order valence-electron chi connectivity index (χ4n) is 9.51. The predicted octanol–water partition coefficient (Wildman–Crippen LogP) is 16.1. The molecular weight excluding hydrogens is 783 g/mol. The summed E-state index contributed by atoms with van der Waals surface area (Å²) in [6.07, 6.45) is 35.0. The average molecular weight is 888 g/mol. The lowest BCUT2D eigenvalue weighted by Gasteiger charge is -2.38. The molecule has 0 saturated carbocycles. The minimum Gasteiger partial charge on any atom is -0.462 e. The number of rotatable bonds is 40. The van der Waals surface area contributed by atoms with Crippen LogP contribution >= 0.6 is 0 Å². The van der Waals surface area contributed by atoms with Crippen LogP contribution in [-0.2, 0) is 28.6 Å². The number of allylic oxidation sites excluding steroid dienone is 2. The van der Waals surface area contributed by atoms with Gasteiger partial charge in [-0.3, -0.25) is 14.4 Å². The van der Waals surface area contributed by atoms with Crippen LogP contribution in [-0.4, -0.2) is 61.8 Å². The number of hydrogen-bond acceptors (Lipinski definition) is 7. The Morgan fingerprint density at radius 2 is 0.937 bits per heavy atom. The first-order valence-electron chi connectivity index (χ1n) is 26.1. The monoisotopic (exact) mass is 888 g/mol. The highest BCUT2D eigenvalue weighted by Gasteiger charge is 2.33. The van der Waals surface area contributed by atoms with Gasteiger partial charge in [0, 0.05) is 19.3 Å². The van der Waals surface area contributed by atoms with E-state index in [-0.39, 0.29) is 57.9 Å². The van der Waals surface area contributed by atoms with Crippen LogP contribution in [0.2, 0.25) is 0 Å². The van der Waals surface area contributed by atoms with Gasteiger partial charge in [-0.25, -0.2) is 0 Å². The molecule has 0 spiro atoms. The average Bonchev–Trinajstić information content (AvgIpc) is 3.18. The van der Waals surface area contributed by atoms with Gasteiger partial charge in [0.2, 0.25) is 0 Å². The topological polar surface area (TPSA) is 82.1 Å². The van der Waals surface area contributed by atoms with E-state index in [0.29, 0.717) is 19.3 Å². The van der Waals surface area contributed by atoms with E-state index in [9.17, 15) is 14.4 Å². The smallest absolute Gasteiger partial charge is 0.306 e. The second kappa shape index (κ2) is 34.2. The summed E-state index contributed by atoms with van der Waals surface area (Å²) in [6, 6.07) is 0. The molecule has 370 valence electrons. The molecule has 0 aliphatic heterocycles. The molecule has 0 amide bonds. The second-order valence-corrected chi connectivity index (χ2v) is 22.5. The third-order valence-corrected chi connectivity index (χ3v) is 13.1. The van der Waals surface area contributed by atoms with Gasteiger partial charge in [0.25, 0.3) is 0 Å². The molecule has 0 saturated heterocycles. The lowest BCUT2D eigenvalue weighted by atomic mass is 9.68. The Bertz CT molecular complexity index is 1250. The Balaban J connectivity index is 5.16. The molecule has 0 heterocycles. The summed E-state index contributed by atoms with van der Waals surface area (Å²) in [5.41, 5.74) is 0.484. The van der Waals surface area contributed by atoms with E-state index in [1.807, 2.05) is 40.1 Å². The van der Waals surface area contributed by atoms with Crippen molar-refractivity contribution in [2.24, 2.45) is 21.7 Å². The minimum absolute atomic E-state index is 0.0751. The lowest BCUT2D eigenvalue weighted by molar-refractivity contribution is -0.151. The predicted molar refractivity (Wildman–Crippen MR) is 269 cm³/mol. The first-order chi connectivity index (χ1) is 29.6. The summed E-state index contributed by atoms with van der Waals surface area (Å²) in [5.74, 6) is -0.271. The van der Waals surface area contributed by atoms with Crippen molar-refractivity contribution >= 4 is 17.9 Å². The van der Waals surface area contributed by atoms with Gasteiger partial charge >= 0.3 is 17.9 Å². The van der Waals surface area contributed by atoms with Gasteiger partial charge in [0.05, 0.1) is 0 Å². The van der Waals surface area contributed by atoms with Gasteiger partial charge in [-0.15, -0.1) is 0 Å². The van der Waals surface area contributed by atoms with Crippen LogP contribution in [0.1, 0.15) is 256 Å². The van der Waals surface area contributed by atoms with Gasteiger partial charge in [-0.05, 0) is 165 Å². The normalized spacial score (nSPS) is 15.2. The van der Waals surface area contributed by atoms with Gasteiger partial charge < -0.3 is 19.1 Å². The van der Waals surface area contributed by atoms with E-state index in [1.165, 1.54) is 51.4 Å². The molecule has 63 heavy (non-hydrogen) atoms. The maximum Gasteiger partial charge on any atom is 0.306 e. The molecule has 0 bridgehead atoms. The molecule has 7 heteroatoms. The van der Waals surface area contributed by atoms with E-state index in [2.05, 4.69) is 86.3 Å². The van der Waals surface area contributed by atoms with E-state index >= 15 is 0 Å². The zero-order valence-electron chi connectivity index (χ0n) is 44.2. The fourth-order valence-corrected chi connectivity index (χ4v) is 9.51. The molecular formula is C56H105NO6. The number of ether oxygens (including phenoxy) is 3. The Morgan fingerprint density at radius 3 is 1.40 bits per heavy atom. The second-order valence-electron chi connectivity index (χ2n) is 22.5. The Hall–Kier alpha value is -2.15. The number of carbonyl (C=O) groups excluding carboxylic acids is 3. The largest absolute Gasteiger partial charge is 0.462 e. The van der Waals surface area contributed by atoms with Crippen LogP contribution in [0.5, 0.6) is 0 Å². The first kappa shape index (κ1) is 60.9. The fraction of sp³-hybridized carbons (Fsp3) is 0.875. The van der Waals surface area contributed by atoms with Crippen LogP contribution < -0.4 is 0 Å². The van der Waals surface area contributed by atoms with Crippen molar-refractivity contribution in [3.8, 4) is 0 Å². The minimum atomic E-state index is -0.170. The molecule has 0 radical (unpaired) electrons. The molecule has 0 aromatic heterocycles. The SMILES string of the molecule is CCCCCCC=CC(C)OC(=O)CCCCC(C)(C)CC(C)(C)CCC(CCC(C)(C)CC(C)(CC)CCCCC(=O)OC(C)C=CCCCCCC)OC(=O)CCCN(C)C. The number of unbranched alkanes of at least 4 members (excludes halogenated alkanes) is 10. The molecule has 0 aromatic rings. The van der Waals surface area contributed by atoms with E-state index in [1.54, 1.807) is 0 Å². The van der Waals surface area contributed by atoms with Crippen molar-refractivity contribution in [3.63, 3.8) is 0 Å². The first-order valence-corrected chi connectivity index (χ1v) is 26.1. The van der Waals surface area contributed by atoms with Crippen molar-refractivity contribution in [1.29, 1.82) is 0 Å². The van der Waals surface area contributed by atoms with Crippen LogP contribution in [0.3, 0.4) is 0 Å². The molecule has 0 aromatic carbocycles. The molecule has 0 aliphatic rings. The zero-order chi connectivity index (χ0) is 47.8. The summed E-state index contributed by atoms with van der Waals surface area (Å²) < 4.78 is 17.6. The Labute approximate surface area is 391 Å². The van der Waals surface area contributed by atoms with Crippen molar-refractivity contribution in [2.45, 2.75) is 275 Å². The summed E-state index contributed by atoms with van der Waals surface area (Å²) in [7, 11) is 4.08. The van der Waals surface area contributed by atoms with Gasteiger partial charge in [-0.2, -0.15) is 0 Å². The summed E-state index contributed by atoms with van der Waals surface area (Å²) in [4.78, 5) is 40.4. The number of hydrogen-bond donors (Lipinski definition) is 0. The maximum atomic E-state index is 13.2. The van der Waals surface area contributed by atoms with Crippen LogP contribution in [0.4, 0.5) is 0 Å². The van der Waals surface area contributed by atoms with Crippen molar-refractivity contribution in [2.75, 3.05) is 20.6 Å². The van der Waals surface area contributed by atoms with E-state index < -0.39 is 0 Å². The van der Waals surface area contributed by atoms with E-state index in [0.717, 1.165) is 109 Å².